The van der Waals surface area contributed by atoms with Crippen LogP contribution < -0.4 is 11.1 Å². The minimum absolute atomic E-state index is 0.0839. The minimum Gasteiger partial charge on any atom is -0.375 e. The van der Waals surface area contributed by atoms with Crippen molar-refractivity contribution >= 4 is 11.6 Å². The van der Waals surface area contributed by atoms with E-state index in [0.29, 0.717) is 12.6 Å². The van der Waals surface area contributed by atoms with Crippen LogP contribution in [0.3, 0.4) is 0 Å². The Morgan fingerprint density at radius 1 is 1.43 bits per heavy atom. The quantitative estimate of drug-likeness (QED) is 0.662. The van der Waals surface area contributed by atoms with Crippen molar-refractivity contribution in [2.75, 3.05) is 18.5 Å². The van der Waals surface area contributed by atoms with Gasteiger partial charge in [0.05, 0.1) is 12.1 Å². The Hall–Kier alpha value is -1.59. The highest BCUT2D eigenvalue weighted by Gasteiger charge is 2.59. The first kappa shape index (κ1) is 16.3. The summed E-state index contributed by atoms with van der Waals surface area (Å²) >= 11 is 0. The molecule has 1 aliphatic heterocycles. The molecular formula is C18H27N3O2. The Labute approximate surface area is 138 Å². The molecule has 3 atom stereocenters. The number of nitrogens with zero attached hydrogens (tertiary/aromatic N) is 1. The first-order chi connectivity index (χ1) is 11.0. The van der Waals surface area contributed by atoms with Crippen LogP contribution in [0, 0.1) is 13.8 Å². The van der Waals surface area contributed by atoms with Crippen molar-refractivity contribution in [3.8, 4) is 0 Å². The molecule has 2 aliphatic rings. The Morgan fingerprint density at radius 3 is 2.91 bits per heavy atom. The van der Waals surface area contributed by atoms with Crippen molar-refractivity contribution in [1.29, 1.82) is 0 Å². The van der Waals surface area contributed by atoms with Crippen LogP contribution >= 0.6 is 0 Å². The van der Waals surface area contributed by atoms with Crippen molar-refractivity contribution in [1.82, 2.24) is 0 Å². The predicted molar refractivity (Wildman–Crippen MR) is 92.9 cm³/mol. The van der Waals surface area contributed by atoms with E-state index < -0.39 is 0 Å². The number of benzene rings is 1. The van der Waals surface area contributed by atoms with Crippen LogP contribution in [0.25, 0.3) is 0 Å². The van der Waals surface area contributed by atoms with Crippen LogP contribution in [0.5, 0.6) is 0 Å². The van der Waals surface area contributed by atoms with Gasteiger partial charge in [0, 0.05) is 25.3 Å². The lowest BCUT2D eigenvalue weighted by Crippen LogP contribution is -2.63. The molecule has 1 saturated carbocycles. The molecule has 1 spiro atoms. The van der Waals surface area contributed by atoms with Gasteiger partial charge < -0.3 is 20.5 Å². The molecule has 1 heterocycles. The number of hydrogen-bond donors (Lipinski definition) is 2. The maximum atomic E-state index is 6.12. The second kappa shape index (κ2) is 6.49. The lowest BCUT2D eigenvalue weighted by atomic mass is 9.70. The number of hydrogen-bond acceptors (Lipinski definition) is 3. The monoisotopic (exact) mass is 317 g/mol. The SMILES string of the molecule is CCOC1CC(N=C(N)Nc2ccc(C)c(C)c2)C12CCCO2. The van der Waals surface area contributed by atoms with Crippen molar-refractivity contribution in [3.63, 3.8) is 0 Å². The van der Waals surface area contributed by atoms with Crippen molar-refractivity contribution in [3.05, 3.63) is 29.3 Å². The molecule has 0 aromatic heterocycles. The van der Waals surface area contributed by atoms with Crippen molar-refractivity contribution < 1.29 is 9.47 Å². The van der Waals surface area contributed by atoms with Gasteiger partial charge in [-0.2, -0.15) is 0 Å². The largest absolute Gasteiger partial charge is 0.375 e. The molecule has 3 N–H and O–H groups in total. The Kier molecular flexibility index (Phi) is 4.60. The molecule has 1 aliphatic carbocycles. The maximum Gasteiger partial charge on any atom is 0.193 e. The number of anilines is 1. The summed E-state index contributed by atoms with van der Waals surface area (Å²) in [7, 11) is 0. The average Bonchev–Trinajstić information content (AvgIpc) is 3.03. The third kappa shape index (κ3) is 3.08. The Balaban J connectivity index is 1.69. The first-order valence-corrected chi connectivity index (χ1v) is 8.48. The van der Waals surface area contributed by atoms with E-state index >= 15 is 0 Å². The molecule has 5 nitrogen and oxygen atoms in total. The summed E-state index contributed by atoms with van der Waals surface area (Å²) in [4.78, 5) is 4.68. The van der Waals surface area contributed by atoms with E-state index in [2.05, 4.69) is 36.3 Å². The van der Waals surface area contributed by atoms with Crippen LogP contribution in [0.1, 0.15) is 37.3 Å². The van der Waals surface area contributed by atoms with Gasteiger partial charge in [-0.05, 0) is 56.9 Å². The van der Waals surface area contributed by atoms with Crippen LogP contribution in [-0.2, 0) is 9.47 Å². The highest BCUT2D eigenvalue weighted by atomic mass is 16.6. The van der Waals surface area contributed by atoms with Gasteiger partial charge in [0.2, 0.25) is 0 Å². The minimum atomic E-state index is -0.258. The van der Waals surface area contributed by atoms with Gasteiger partial charge in [-0.3, -0.25) is 0 Å². The summed E-state index contributed by atoms with van der Waals surface area (Å²) in [6.45, 7) is 7.71. The molecular weight excluding hydrogens is 290 g/mol. The fourth-order valence-electron chi connectivity index (χ4n) is 3.59. The first-order valence-electron chi connectivity index (χ1n) is 8.48. The molecule has 3 unspecified atom stereocenters. The van der Waals surface area contributed by atoms with Crippen molar-refractivity contribution in [2.24, 2.45) is 10.7 Å². The fourth-order valence-corrected chi connectivity index (χ4v) is 3.59. The summed E-state index contributed by atoms with van der Waals surface area (Å²) in [6, 6.07) is 6.28. The number of aryl methyl sites for hydroxylation is 2. The highest BCUT2D eigenvalue weighted by Crippen LogP contribution is 2.47. The number of guanidine groups is 1. The van der Waals surface area contributed by atoms with E-state index in [1.807, 2.05) is 13.0 Å². The zero-order valence-electron chi connectivity index (χ0n) is 14.3. The number of rotatable bonds is 4. The molecule has 0 bridgehead atoms. The van der Waals surface area contributed by atoms with E-state index in [1.54, 1.807) is 0 Å². The standard InChI is InChI=1S/C18H27N3O2/c1-4-22-16-11-15(18(16)8-5-9-23-18)21-17(19)20-14-7-6-12(2)13(3)10-14/h6-7,10,15-16H,4-5,8-9,11H2,1-3H3,(H3,19,20,21). The predicted octanol–water partition coefficient (Wildman–Crippen LogP) is 2.76. The van der Waals surface area contributed by atoms with Crippen LogP contribution in [0.2, 0.25) is 0 Å². The summed E-state index contributed by atoms with van der Waals surface area (Å²) in [5, 5.41) is 3.19. The average molecular weight is 317 g/mol. The smallest absolute Gasteiger partial charge is 0.193 e. The molecule has 1 saturated heterocycles. The summed E-state index contributed by atoms with van der Waals surface area (Å²) in [6.07, 6.45) is 3.10. The molecule has 23 heavy (non-hydrogen) atoms. The summed E-state index contributed by atoms with van der Waals surface area (Å²) in [5.41, 5.74) is 9.33. The molecule has 3 rings (SSSR count). The number of nitrogens with one attached hydrogen (secondary N) is 1. The molecule has 1 aromatic rings. The van der Waals surface area contributed by atoms with E-state index in [4.69, 9.17) is 15.2 Å². The van der Waals surface area contributed by atoms with Crippen LogP contribution in [-0.4, -0.2) is 36.9 Å². The Morgan fingerprint density at radius 2 is 2.26 bits per heavy atom. The van der Waals surface area contributed by atoms with Crippen LogP contribution in [0.15, 0.2) is 23.2 Å². The van der Waals surface area contributed by atoms with E-state index in [9.17, 15) is 0 Å². The second-order valence-corrected chi connectivity index (χ2v) is 6.54. The van der Waals surface area contributed by atoms with Gasteiger partial charge in [-0.15, -0.1) is 0 Å². The van der Waals surface area contributed by atoms with Gasteiger partial charge >= 0.3 is 0 Å². The fraction of sp³-hybridized carbons (Fsp3) is 0.611. The topological polar surface area (TPSA) is 68.9 Å². The van der Waals surface area contributed by atoms with Crippen LogP contribution in [0.4, 0.5) is 5.69 Å². The lowest BCUT2D eigenvalue weighted by molar-refractivity contribution is -0.188. The van der Waals surface area contributed by atoms with Crippen molar-refractivity contribution in [2.45, 2.75) is 57.8 Å². The third-order valence-electron chi connectivity index (χ3n) is 5.07. The van der Waals surface area contributed by atoms with Gasteiger partial charge in [0.25, 0.3) is 0 Å². The molecule has 5 heteroatoms. The number of aliphatic imine (C=N–C) groups is 1. The van der Waals surface area contributed by atoms with Gasteiger partial charge in [-0.1, -0.05) is 6.07 Å². The molecule has 0 radical (unpaired) electrons. The number of ether oxygens (including phenoxy) is 2. The number of nitrogens with two attached hydrogens (primary N) is 1. The van der Waals surface area contributed by atoms with Gasteiger partial charge in [0.1, 0.15) is 5.60 Å². The highest BCUT2D eigenvalue weighted by molar-refractivity contribution is 5.92. The second-order valence-electron chi connectivity index (χ2n) is 6.54. The Bertz CT molecular complexity index is 594. The van der Waals surface area contributed by atoms with E-state index in [1.165, 1.54) is 11.1 Å². The maximum absolute atomic E-state index is 6.12. The molecule has 2 fully saturated rings. The lowest BCUT2D eigenvalue weighted by Gasteiger charge is -2.50. The molecule has 0 amide bonds. The summed E-state index contributed by atoms with van der Waals surface area (Å²) in [5.74, 6) is 0.447. The zero-order chi connectivity index (χ0) is 16.4. The summed E-state index contributed by atoms with van der Waals surface area (Å²) < 4.78 is 11.8. The van der Waals surface area contributed by atoms with Gasteiger partial charge in [0.15, 0.2) is 5.96 Å². The zero-order valence-corrected chi connectivity index (χ0v) is 14.3. The third-order valence-corrected chi connectivity index (χ3v) is 5.07. The van der Waals surface area contributed by atoms with E-state index in [0.717, 1.165) is 31.6 Å². The van der Waals surface area contributed by atoms with E-state index in [-0.39, 0.29) is 17.7 Å². The normalized spacial score (nSPS) is 30.5. The molecule has 1 aromatic carbocycles. The van der Waals surface area contributed by atoms with Gasteiger partial charge in [-0.25, -0.2) is 4.99 Å². The molecule has 126 valence electrons.